The zero-order valence-electron chi connectivity index (χ0n) is 12.7. The van der Waals surface area contributed by atoms with Crippen molar-refractivity contribution >= 4 is 11.9 Å². The Hall–Kier alpha value is -1.36. The van der Waals surface area contributed by atoms with Crippen molar-refractivity contribution in [3.63, 3.8) is 0 Å². The Morgan fingerprint density at radius 2 is 2.00 bits per heavy atom. The van der Waals surface area contributed by atoms with Crippen molar-refractivity contribution < 1.29 is 14.3 Å². The zero-order chi connectivity index (χ0) is 15.0. The molecule has 1 N–H and O–H groups in total. The largest absolute Gasteiger partial charge is 0.466 e. The molecule has 0 aromatic heterocycles. The molecule has 1 rings (SSSR count). The number of nitrogens with zero attached hydrogens (tertiary/aromatic N) is 1. The second kappa shape index (κ2) is 8.74. The summed E-state index contributed by atoms with van der Waals surface area (Å²) in [5, 5.41) is 2.99. The van der Waals surface area contributed by atoms with E-state index in [0.29, 0.717) is 13.2 Å². The lowest BCUT2D eigenvalue weighted by molar-refractivity contribution is -0.144. The molecular weight excluding hydrogens is 256 g/mol. The fraction of sp³-hybridized carbons (Fsp3) is 0.733. The summed E-state index contributed by atoms with van der Waals surface area (Å²) in [6.07, 6.45) is 6.56. The normalized spacial score (nSPS) is 21.8. The maximum absolute atomic E-state index is 12.2. The average Bonchev–Trinajstić information content (AvgIpc) is 2.41. The van der Waals surface area contributed by atoms with Gasteiger partial charge in [0.15, 0.2) is 0 Å². The SMILES string of the molecule is CC(=O)OCC1CC=CCC1C(=O)NCCCN(C)C. The number of nitrogens with one attached hydrogen (secondary N) is 1. The van der Waals surface area contributed by atoms with E-state index in [0.717, 1.165) is 25.8 Å². The van der Waals surface area contributed by atoms with Crippen LogP contribution in [0.2, 0.25) is 0 Å². The van der Waals surface area contributed by atoms with Crippen LogP contribution in [0.25, 0.3) is 0 Å². The first-order valence-corrected chi connectivity index (χ1v) is 7.21. The molecule has 0 radical (unpaired) electrons. The Kier molecular flexibility index (Phi) is 7.30. The maximum atomic E-state index is 12.2. The van der Waals surface area contributed by atoms with Gasteiger partial charge in [-0.15, -0.1) is 0 Å². The van der Waals surface area contributed by atoms with Gasteiger partial charge >= 0.3 is 5.97 Å². The van der Waals surface area contributed by atoms with Crippen molar-refractivity contribution in [3.8, 4) is 0 Å². The van der Waals surface area contributed by atoms with Gasteiger partial charge in [0.1, 0.15) is 0 Å². The number of hydrogen-bond donors (Lipinski definition) is 1. The summed E-state index contributed by atoms with van der Waals surface area (Å²) in [4.78, 5) is 25.2. The van der Waals surface area contributed by atoms with Gasteiger partial charge in [0.05, 0.1) is 6.61 Å². The molecule has 1 amide bonds. The highest BCUT2D eigenvalue weighted by molar-refractivity contribution is 5.79. The second-order valence-corrected chi connectivity index (χ2v) is 5.56. The second-order valence-electron chi connectivity index (χ2n) is 5.56. The minimum Gasteiger partial charge on any atom is -0.466 e. The van der Waals surface area contributed by atoms with Gasteiger partial charge in [0.25, 0.3) is 0 Å². The molecule has 0 saturated heterocycles. The molecule has 20 heavy (non-hydrogen) atoms. The molecule has 0 aromatic rings. The molecule has 0 saturated carbocycles. The number of carbonyl (C=O) groups is 2. The highest BCUT2D eigenvalue weighted by Gasteiger charge is 2.29. The minimum atomic E-state index is -0.287. The predicted octanol–water partition coefficient (Wildman–Crippen LogP) is 1.20. The van der Waals surface area contributed by atoms with Gasteiger partial charge in [-0.1, -0.05) is 12.2 Å². The quantitative estimate of drug-likeness (QED) is 0.433. The van der Waals surface area contributed by atoms with Gasteiger partial charge < -0.3 is 15.0 Å². The van der Waals surface area contributed by atoms with E-state index in [1.54, 1.807) is 0 Å². The topological polar surface area (TPSA) is 58.6 Å². The van der Waals surface area contributed by atoms with E-state index in [4.69, 9.17) is 4.74 Å². The summed E-state index contributed by atoms with van der Waals surface area (Å²) < 4.78 is 5.06. The van der Waals surface area contributed by atoms with E-state index >= 15 is 0 Å². The van der Waals surface area contributed by atoms with Crippen molar-refractivity contribution in [2.24, 2.45) is 11.8 Å². The third kappa shape index (κ3) is 6.19. The molecule has 0 aliphatic heterocycles. The Labute approximate surface area is 121 Å². The number of ether oxygens (including phenoxy) is 1. The van der Waals surface area contributed by atoms with Crippen LogP contribution in [-0.4, -0.2) is 50.6 Å². The number of esters is 1. The van der Waals surface area contributed by atoms with Crippen molar-refractivity contribution in [3.05, 3.63) is 12.2 Å². The van der Waals surface area contributed by atoms with Crippen LogP contribution in [0.4, 0.5) is 0 Å². The lowest BCUT2D eigenvalue weighted by atomic mass is 9.83. The lowest BCUT2D eigenvalue weighted by Gasteiger charge is -2.27. The number of carbonyl (C=O) groups excluding carboxylic acids is 2. The summed E-state index contributed by atoms with van der Waals surface area (Å²) in [5.41, 5.74) is 0. The van der Waals surface area contributed by atoms with Crippen LogP contribution in [0.3, 0.4) is 0 Å². The molecule has 2 unspecified atom stereocenters. The van der Waals surface area contributed by atoms with Crippen molar-refractivity contribution in [2.45, 2.75) is 26.2 Å². The summed E-state index contributed by atoms with van der Waals surface area (Å²) in [5.74, 6) is -0.202. The van der Waals surface area contributed by atoms with Crippen LogP contribution in [0, 0.1) is 11.8 Å². The van der Waals surface area contributed by atoms with Crippen LogP contribution >= 0.6 is 0 Å². The van der Waals surface area contributed by atoms with E-state index < -0.39 is 0 Å². The molecule has 5 heteroatoms. The van der Waals surface area contributed by atoms with E-state index in [1.807, 2.05) is 20.2 Å². The summed E-state index contributed by atoms with van der Waals surface area (Å²) in [6, 6.07) is 0. The molecule has 0 heterocycles. The Bertz CT molecular complexity index is 353. The van der Waals surface area contributed by atoms with Gasteiger partial charge in [0, 0.05) is 25.3 Å². The first-order chi connectivity index (χ1) is 9.50. The molecule has 1 aliphatic rings. The van der Waals surface area contributed by atoms with Crippen molar-refractivity contribution in [1.82, 2.24) is 10.2 Å². The van der Waals surface area contributed by atoms with Gasteiger partial charge in [-0.05, 0) is 39.9 Å². The van der Waals surface area contributed by atoms with Gasteiger partial charge in [-0.3, -0.25) is 9.59 Å². The molecule has 5 nitrogen and oxygen atoms in total. The van der Waals surface area contributed by atoms with Crippen LogP contribution in [0.5, 0.6) is 0 Å². The fourth-order valence-electron chi connectivity index (χ4n) is 2.34. The summed E-state index contributed by atoms with van der Waals surface area (Å²) in [7, 11) is 4.03. The van der Waals surface area contributed by atoms with Crippen LogP contribution in [-0.2, 0) is 14.3 Å². The van der Waals surface area contributed by atoms with E-state index in [1.165, 1.54) is 6.92 Å². The number of amides is 1. The van der Waals surface area contributed by atoms with Crippen LogP contribution < -0.4 is 5.32 Å². The molecule has 2 atom stereocenters. The molecule has 114 valence electrons. The monoisotopic (exact) mass is 282 g/mol. The summed E-state index contributed by atoms with van der Waals surface area (Å²) in [6.45, 7) is 3.38. The molecule has 0 aromatic carbocycles. The third-order valence-corrected chi connectivity index (χ3v) is 3.48. The minimum absolute atomic E-state index is 0.0743. The van der Waals surface area contributed by atoms with Crippen molar-refractivity contribution in [2.75, 3.05) is 33.8 Å². The Balaban J connectivity index is 2.38. The van der Waals surface area contributed by atoms with E-state index in [9.17, 15) is 9.59 Å². The zero-order valence-corrected chi connectivity index (χ0v) is 12.7. The number of allylic oxidation sites excluding steroid dienone is 2. The first-order valence-electron chi connectivity index (χ1n) is 7.21. The Morgan fingerprint density at radius 1 is 1.30 bits per heavy atom. The molecule has 0 fully saturated rings. The van der Waals surface area contributed by atoms with E-state index in [-0.39, 0.29) is 23.7 Å². The van der Waals surface area contributed by atoms with Crippen molar-refractivity contribution in [1.29, 1.82) is 0 Å². The van der Waals surface area contributed by atoms with Gasteiger partial charge in [-0.25, -0.2) is 0 Å². The first kappa shape index (κ1) is 16.7. The lowest BCUT2D eigenvalue weighted by Crippen LogP contribution is -2.38. The molecular formula is C15H26N2O3. The molecule has 0 bridgehead atoms. The smallest absolute Gasteiger partial charge is 0.302 e. The van der Waals surface area contributed by atoms with Gasteiger partial charge in [0.2, 0.25) is 5.91 Å². The third-order valence-electron chi connectivity index (χ3n) is 3.48. The molecule has 0 spiro atoms. The van der Waals surface area contributed by atoms with Gasteiger partial charge in [-0.2, -0.15) is 0 Å². The number of rotatable bonds is 7. The van der Waals surface area contributed by atoms with Crippen LogP contribution in [0.1, 0.15) is 26.2 Å². The highest BCUT2D eigenvalue weighted by Crippen LogP contribution is 2.26. The predicted molar refractivity (Wildman–Crippen MR) is 78.2 cm³/mol. The fourth-order valence-corrected chi connectivity index (χ4v) is 2.34. The standard InChI is InChI=1S/C15H26N2O3/c1-12(18)20-11-13-7-4-5-8-14(13)15(19)16-9-6-10-17(2)3/h4-5,13-14H,6-11H2,1-3H3,(H,16,19). The maximum Gasteiger partial charge on any atom is 0.302 e. The Morgan fingerprint density at radius 3 is 2.65 bits per heavy atom. The van der Waals surface area contributed by atoms with E-state index in [2.05, 4.69) is 16.3 Å². The molecule has 1 aliphatic carbocycles. The van der Waals surface area contributed by atoms with Crippen LogP contribution in [0.15, 0.2) is 12.2 Å². The number of hydrogen-bond acceptors (Lipinski definition) is 4. The summed E-state index contributed by atoms with van der Waals surface area (Å²) >= 11 is 0. The highest BCUT2D eigenvalue weighted by atomic mass is 16.5. The average molecular weight is 282 g/mol.